The second kappa shape index (κ2) is 14.4. The predicted molar refractivity (Wildman–Crippen MR) is 124 cm³/mol. The highest BCUT2D eigenvalue weighted by Gasteiger charge is 2.39. The van der Waals surface area contributed by atoms with Crippen molar-refractivity contribution >= 4 is 47.3 Å². The Bertz CT molecular complexity index is 781. The molecule has 13 nitrogen and oxygen atoms in total. The van der Waals surface area contributed by atoms with E-state index in [1.54, 1.807) is 0 Å². The van der Waals surface area contributed by atoms with Gasteiger partial charge in [0, 0.05) is 19.4 Å². The maximum atomic E-state index is 13.3. The van der Waals surface area contributed by atoms with E-state index in [1.807, 2.05) is 6.26 Å². The van der Waals surface area contributed by atoms with E-state index in [2.05, 4.69) is 10.6 Å². The first kappa shape index (κ1) is 29.2. The zero-order valence-corrected chi connectivity index (χ0v) is 20.0. The minimum Gasteiger partial charge on any atom is -0.480 e. The Balaban J connectivity index is 2.89. The number of hydrogen-bond acceptors (Lipinski definition) is 8. The lowest BCUT2D eigenvalue weighted by molar-refractivity contribution is -0.145. The number of carbonyl (C=O) groups is 6. The summed E-state index contributed by atoms with van der Waals surface area (Å²) >= 11 is 1.47. The van der Waals surface area contributed by atoms with Gasteiger partial charge in [0.05, 0.1) is 6.04 Å². The molecule has 34 heavy (non-hydrogen) atoms. The van der Waals surface area contributed by atoms with E-state index in [4.69, 9.17) is 17.2 Å². The molecular weight excluding hydrogens is 468 g/mol. The van der Waals surface area contributed by atoms with Gasteiger partial charge in [-0.15, -0.1) is 0 Å². The zero-order chi connectivity index (χ0) is 25.8. The van der Waals surface area contributed by atoms with E-state index in [0.717, 1.165) is 0 Å². The summed E-state index contributed by atoms with van der Waals surface area (Å²) < 4.78 is 0. The van der Waals surface area contributed by atoms with Gasteiger partial charge in [0.1, 0.15) is 18.1 Å². The summed E-state index contributed by atoms with van der Waals surface area (Å²) in [5.41, 5.74) is 15.9. The Morgan fingerprint density at radius 3 is 2.18 bits per heavy atom. The second-order valence-electron chi connectivity index (χ2n) is 8.05. The summed E-state index contributed by atoms with van der Waals surface area (Å²) in [6, 6.07) is -4.22. The molecule has 1 saturated heterocycles. The Kier molecular flexibility index (Phi) is 12.4. The van der Waals surface area contributed by atoms with E-state index < -0.39 is 59.7 Å². The van der Waals surface area contributed by atoms with Crippen LogP contribution in [-0.4, -0.2) is 88.2 Å². The van der Waals surface area contributed by atoms with Crippen molar-refractivity contribution in [1.82, 2.24) is 15.5 Å². The SMILES string of the molecule is CSCCC(NC(=O)C(N)CCC(N)=O)C(=O)N1CCCC1C(=O)NC(CCC(N)=O)C(=O)O. The van der Waals surface area contributed by atoms with Crippen LogP contribution in [0.4, 0.5) is 0 Å². The number of nitrogens with two attached hydrogens (primary N) is 3. The zero-order valence-electron chi connectivity index (χ0n) is 19.2. The van der Waals surface area contributed by atoms with E-state index in [1.165, 1.54) is 16.7 Å². The van der Waals surface area contributed by atoms with E-state index in [-0.39, 0.29) is 38.6 Å². The van der Waals surface area contributed by atoms with Gasteiger partial charge in [0.25, 0.3) is 0 Å². The van der Waals surface area contributed by atoms with Crippen LogP contribution in [0.3, 0.4) is 0 Å². The second-order valence-corrected chi connectivity index (χ2v) is 9.03. The quantitative estimate of drug-likeness (QED) is 0.140. The number of carboxylic acid groups (broad SMARTS) is 1. The normalized spacial score (nSPS) is 17.9. The predicted octanol–water partition coefficient (Wildman–Crippen LogP) is -2.36. The highest BCUT2D eigenvalue weighted by Crippen LogP contribution is 2.20. The van der Waals surface area contributed by atoms with E-state index in [9.17, 15) is 33.9 Å². The van der Waals surface area contributed by atoms with Crippen molar-refractivity contribution < 1.29 is 33.9 Å². The molecule has 1 aliphatic rings. The number of carboxylic acids is 1. The number of likely N-dealkylation sites (tertiary alicyclic amines) is 1. The molecule has 1 fully saturated rings. The molecule has 14 heteroatoms. The number of primary amides is 2. The number of amides is 5. The summed E-state index contributed by atoms with van der Waals surface area (Å²) in [5.74, 6) is -3.81. The molecule has 4 unspecified atom stereocenters. The van der Waals surface area contributed by atoms with E-state index in [0.29, 0.717) is 18.6 Å². The number of thioether (sulfide) groups is 1. The number of nitrogens with one attached hydrogen (secondary N) is 2. The number of rotatable bonds is 15. The smallest absolute Gasteiger partial charge is 0.326 e. The molecule has 4 atom stereocenters. The number of carbonyl (C=O) groups excluding carboxylic acids is 5. The third kappa shape index (κ3) is 9.55. The summed E-state index contributed by atoms with van der Waals surface area (Å²) in [5, 5.41) is 14.3. The minimum absolute atomic E-state index is 0.0290. The standard InChI is InChI=1S/C20H34N6O7S/c1-34-10-8-12(24-17(29)11(21)4-6-15(22)27)19(31)26-9-2-3-14(26)18(30)25-13(20(32)33)5-7-16(23)28/h11-14H,2-10,21H2,1H3,(H2,22,27)(H2,23,28)(H,24,29)(H,25,30)(H,32,33). The highest BCUT2D eigenvalue weighted by atomic mass is 32.2. The average Bonchev–Trinajstić information content (AvgIpc) is 3.26. The van der Waals surface area contributed by atoms with Crippen LogP contribution in [0, 0.1) is 0 Å². The molecule has 0 aromatic rings. The van der Waals surface area contributed by atoms with Crippen LogP contribution in [-0.2, 0) is 28.8 Å². The summed E-state index contributed by atoms with van der Waals surface area (Å²) in [6.07, 6.45) is 2.52. The highest BCUT2D eigenvalue weighted by molar-refractivity contribution is 7.98. The lowest BCUT2D eigenvalue weighted by Crippen LogP contribution is -2.57. The van der Waals surface area contributed by atoms with Gasteiger partial charge in [-0.25, -0.2) is 4.79 Å². The van der Waals surface area contributed by atoms with Crippen LogP contribution in [0.1, 0.15) is 44.9 Å². The molecule has 0 aliphatic carbocycles. The fraction of sp³-hybridized carbons (Fsp3) is 0.700. The van der Waals surface area contributed by atoms with Crippen molar-refractivity contribution in [3.63, 3.8) is 0 Å². The van der Waals surface area contributed by atoms with Crippen LogP contribution < -0.4 is 27.8 Å². The first-order valence-electron chi connectivity index (χ1n) is 10.9. The molecule has 0 aromatic heterocycles. The minimum atomic E-state index is -1.33. The summed E-state index contributed by atoms with van der Waals surface area (Å²) in [6.45, 7) is 0.259. The number of aliphatic carboxylic acids is 1. The van der Waals surface area contributed by atoms with Crippen LogP contribution in [0.2, 0.25) is 0 Å². The fourth-order valence-electron chi connectivity index (χ4n) is 3.52. The fourth-order valence-corrected chi connectivity index (χ4v) is 3.99. The van der Waals surface area contributed by atoms with Gasteiger partial charge >= 0.3 is 5.97 Å². The van der Waals surface area contributed by atoms with Crippen molar-refractivity contribution in [3.8, 4) is 0 Å². The van der Waals surface area contributed by atoms with Crippen molar-refractivity contribution in [2.75, 3.05) is 18.6 Å². The van der Waals surface area contributed by atoms with Gasteiger partial charge in [-0.2, -0.15) is 11.8 Å². The van der Waals surface area contributed by atoms with Crippen molar-refractivity contribution in [2.24, 2.45) is 17.2 Å². The molecular formula is C20H34N6O7S. The Morgan fingerprint density at radius 2 is 1.62 bits per heavy atom. The molecule has 192 valence electrons. The van der Waals surface area contributed by atoms with Gasteiger partial charge in [-0.05, 0) is 44.1 Å². The number of hydrogen-bond donors (Lipinski definition) is 6. The molecule has 0 spiro atoms. The van der Waals surface area contributed by atoms with E-state index >= 15 is 0 Å². The number of nitrogens with zero attached hydrogens (tertiary/aromatic N) is 1. The third-order valence-corrected chi connectivity index (χ3v) is 6.04. The maximum absolute atomic E-state index is 13.3. The lowest BCUT2D eigenvalue weighted by atomic mass is 10.1. The summed E-state index contributed by atoms with van der Waals surface area (Å²) in [7, 11) is 0. The monoisotopic (exact) mass is 502 g/mol. The van der Waals surface area contributed by atoms with Crippen LogP contribution in [0.15, 0.2) is 0 Å². The first-order valence-corrected chi connectivity index (χ1v) is 12.3. The van der Waals surface area contributed by atoms with Crippen molar-refractivity contribution in [1.29, 1.82) is 0 Å². The maximum Gasteiger partial charge on any atom is 0.326 e. The molecule has 0 bridgehead atoms. The van der Waals surface area contributed by atoms with Crippen molar-refractivity contribution in [2.45, 2.75) is 69.1 Å². The summed E-state index contributed by atoms with van der Waals surface area (Å²) in [4.78, 5) is 73.2. The average molecular weight is 503 g/mol. The molecule has 0 aromatic carbocycles. The Morgan fingerprint density at radius 1 is 1.00 bits per heavy atom. The third-order valence-electron chi connectivity index (χ3n) is 5.40. The van der Waals surface area contributed by atoms with Crippen LogP contribution in [0.5, 0.6) is 0 Å². The molecule has 1 aliphatic heterocycles. The molecule has 9 N–H and O–H groups in total. The van der Waals surface area contributed by atoms with Gasteiger partial charge in [0.2, 0.25) is 29.5 Å². The van der Waals surface area contributed by atoms with Gasteiger partial charge in [-0.3, -0.25) is 24.0 Å². The van der Waals surface area contributed by atoms with Crippen LogP contribution >= 0.6 is 11.8 Å². The molecule has 1 heterocycles. The molecule has 0 radical (unpaired) electrons. The van der Waals surface area contributed by atoms with Gasteiger partial charge in [-0.1, -0.05) is 0 Å². The van der Waals surface area contributed by atoms with Crippen molar-refractivity contribution in [3.05, 3.63) is 0 Å². The Hall–Kier alpha value is -2.87. The van der Waals surface area contributed by atoms with Crippen LogP contribution in [0.25, 0.3) is 0 Å². The van der Waals surface area contributed by atoms with Gasteiger partial charge < -0.3 is 37.8 Å². The lowest BCUT2D eigenvalue weighted by Gasteiger charge is -2.30. The molecule has 0 saturated carbocycles. The topological polar surface area (TPSA) is 228 Å². The Labute approximate surface area is 201 Å². The molecule has 1 rings (SSSR count). The largest absolute Gasteiger partial charge is 0.480 e. The van der Waals surface area contributed by atoms with Gasteiger partial charge in [0.15, 0.2) is 0 Å². The molecule has 5 amide bonds. The first-order chi connectivity index (χ1) is 16.0.